The van der Waals surface area contributed by atoms with Crippen molar-refractivity contribution in [3.8, 4) is 5.75 Å². The van der Waals surface area contributed by atoms with Gasteiger partial charge in [0.25, 0.3) is 0 Å². The van der Waals surface area contributed by atoms with Gasteiger partial charge in [0.15, 0.2) is 0 Å². The van der Waals surface area contributed by atoms with Crippen LogP contribution in [0, 0.1) is 0 Å². The van der Waals surface area contributed by atoms with Crippen LogP contribution in [0.15, 0.2) is 48.5 Å². The summed E-state index contributed by atoms with van der Waals surface area (Å²) >= 11 is 5.89. The lowest BCUT2D eigenvalue weighted by molar-refractivity contribution is -0.154. The van der Waals surface area contributed by atoms with Gasteiger partial charge < -0.3 is 19.7 Å². The van der Waals surface area contributed by atoms with E-state index in [4.69, 9.17) is 16.3 Å². The summed E-state index contributed by atoms with van der Waals surface area (Å²) < 4.78 is 5.00. The fourth-order valence-corrected chi connectivity index (χ4v) is 4.13. The van der Waals surface area contributed by atoms with Crippen LogP contribution >= 0.6 is 11.6 Å². The number of nitrogens with zero attached hydrogens (tertiary/aromatic N) is 1. The number of carbonyl (C=O) groups is 2. The number of phenols is 1. The van der Waals surface area contributed by atoms with Gasteiger partial charge in [0.05, 0.1) is 13.2 Å². The smallest absolute Gasteiger partial charge is 0.328 e. The number of para-hydroxylation sites is 1. The van der Waals surface area contributed by atoms with Gasteiger partial charge in [0.2, 0.25) is 5.91 Å². The molecule has 28 heavy (non-hydrogen) atoms. The summed E-state index contributed by atoms with van der Waals surface area (Å²) in [5.74, 6) is -0.980. The Morgan fingerprint density at radius 2 is 1.93 bits per heavy atom. The molecule has 0 saturated carbocycles. The van der Waals surface area contributed by atoms with Crippen LogP contribution in [0.4, 0.5) is 0 Å². The second kappa shape index (κ2) is 7.20. The number of rotatable bonds is 3. The molecule has 1 aliphatic heterocycles. The lowest BCUT2D eigenvalue weighted by atomic mass is 9.88. The third-order valence-electron chi connectivity index (χ3n) is 5.22. The first kappa shape index (κ1) is 18.4. The lowest BCUT2D eigenvalue weighted by Gasteiger charge is -2.40. The van der Waals surface area contributed by atoms with Crippen molar-refractivity contribution >= 4 is 34.4 Å². The zero-order valence-electron chi connectivity index (χ0n) is 15.2. The Hall–Kier alpha value is -2.99. The number of fused-ring (bicyclic) bond motifs is 3. The molecule has 0 radical (unpaired) electrons. The number of halogens is 1. The van der Waals surface area contributed by atoms with E-state index in [1.54, 1.807) is 24.3 Å². The number of aromatic amines is 1. The van der Waals surface area contributed by atoms with Crippen molar-refractivity contribution in [3.05, 3.63) is 65.4 Å². The Morgan fingerprint density at radius 3 is 2.61 bits per heavy atom. The van der Waals surface area contributed by atoms with Gasteiger partial charge in [-0.25, -0.2) is 4.79 Å². The third kappa shape index (κ3) is 2.90. The molecule has 144 valence electrons. The van der Waals surface area contributed by atoms with Crippen molar-refractivity contribution in [2.75, 3.05) is 13.0 Å². The number of nitrogens with one attached hydrogen (secondary N) is 1. The number of hydrogen-bond acceptors (Lipinski definition) is 4. The number of methoxy groups -OCH3 is 1. The zero-order chi connectivity index (χ0) is 19.8. The number of aromatic hydroxyl groups is 1. The number of aromatic nitrogens is 1. The first-order chi connectivity index (χ1) is 13.5. The average Bonchev–Trinajstić information content (AvgIpc) is 3.10. The highest BCUT2D eigenvalue weighted by atomic mass is 35.5. The minimum absolute atomic E-state index is 0.121. The Labute approximate surface area is 166 Å². The van der Waals surface area contributed by atoms with Gasteiger partial charge in [-0.05, 0) is 29.3 Å². The van der Waals surface area contributed by atoms with E-state index in [0.29, 0.717) is 6.42 Å². The number of esters is 1. The first-order valence-electron chi connectivity index (χ1n) is 8.88. The van der Waals surface area contributed by atoms with E-state index in [2.05, 4.69) is 4.98 Å². The van der Waals surface area contributed by atoms with Gasteiger partial charge in [-0.15, -0.1) is 11.6 Å². The number of carbonyl (C=O) groups excluding carboxylic acids is 2. The Bertz CT molecular complexity index is 1040. The summed E-state index contributed by atoms with van der Waals surface area (Å²) in [7, 11) is 1.31. The Morgan fingerprint density at radius 1 is 1.21 bits per heavy atom. The largest absolute Gasteiger partial charge is 0.508 e. The van der Waals surface area contributed by atoms with Crippen LogP contribution in [0.5, 0.6) is 5.75 Å². The van der Waals surface area contributed by atoms with Gasteiger partial charge in [-0.1, -0.05) is 30.3 Å². The fourth-order valence-electron chi connectivity index (χ4n) is 3.99. The van der Waals surface area contributed by atoms with Crippen molar-refractivity contribution in [2.24, 2.45) is 0 Å². The summed E-state index contributed by atoms with van der Waals surface area (Å²) in [6.45, 7) is 0. The maximum atomic E-state index is 12.8. The van der Waals surface area contributed by atoms with Gasteiger partial charge >= 0.3 is 5.97 Å². The molecule has 1 aromatic heterocycles. The second-order valence-corrected chi connectivity index (χ2v) is 7.00. The van der Waals surface area contributed by atoms with E-state index < -0.39 is 18.1 Å². The van der Waals surface area contributed by atoms with Crippen LogP contribution in [0.3, 0.4) is 0 Å². The highest BCUT2D eigenvalue weighted by Crippen LogP contribution is 2.41. The van der Waals surface area contributed by atoms with Crippen molar-refractivity contribution in [1.29, 1.82) is 0 Å². The summed E-state index contributed by atoms with van der Waals surface area (Å²) in [5.41, 5.74) is 3.51. The monoisotopic (exact) mass is 398 g/mol. The highest BCUT2D eigenvalue weighted by Gasteiger charge is 2.43. The predicted octanol–water partition coefficient (Wildman–Crippen LogP) is 3.13. The topological polar surface area (TPSA) is 82.6 Å². The number of H-pyrrole nitrogens is 1. The molecule has 0 fully saturated rings. The van der Waals surface area contributed by atoms with Crippen LogP contribution in [-0.2, 0) is 20.7 Å². The molecule has 0 spiro atoms. The molecule has 1 amide bonds. The minimum atomic E-state index is -0.790. The van der Waals surface area contributed by atoms with Crippen molar-refractivity contribution in [1.82, 2.24) is 9.88 Å². The van der Waals surface area contributed by atoms with E-state index in [-0.39, 0.29) is 17.5 Å². The maximum Gasteiger partial charge on any atom is 0.328 e. The predicted molar refractivity (Wildman–Crippen MR) is 105 cm³/mol. The molecule has 0 bridgehead atoms. The summed E-state index contributed by atoms with van der Waals surface area (Å²) in [4.78, 5) is 30.3. The number of alkyl halides is 1. The molecule has 3 aromatic rings. The Balaban J connectivity index is 1.98. The number of benzene rings is 2. The lowest BCUT2D eigenvalue weighted by Crippen LogP contribution is -2.52. The molecule has 0 saturated heterocycles. The van der Waals surface area contributed by atoms with E-state index in [0.717, 1.165) is 27.7 Å². The molecule has 2 heterocycles. The minimum Gasteiger partial charge on any atom is -0.508 e. The summed E-state index contributed by atoms with van der Waals surface area (Å²) in [5, 5.41) is 10.7. The van der Waals surface area contributed by atoms with E-state index in [9.17, 15) is 14.7 Å². The van der Waals surface area contributed by atoms with Gasteiger partial charge in [-0.2, -0.15) is 0 Å². The standard InChI is InChI=1S/C21H19ClN2O4/c1-28-21(27)17-10-15-14-4-2-3-5-16(14)23-19(15)20(24(17)18(26)11-22)12-6-8-13(25)9-7-12/h2-9,17,20,23,25H,10-11H2,1H3/t17-,20+/m1/s1. The van der Waals surface area contributed by atoms with Crippen LogP contribution in [0.1, 0.15) is 22.9 Å². The molecule has 6 nitrogen and oxygen atoms in total. The molecular formula is C21H19ClN2O4. The molecule has 2 aromatic carbocycles. The van der Waals surface area contributed by atoms with E-state index in [1.165, 1.54) is 12.0 Å². The zero-order valence-corrected chi connectivity index (χ0v) is 15.9. The van der Waals surface area contributed by atoms with Crippen LogP contribution in [0.25, 0.3) is 10.9 Å². The molecule has 1 aliphatic rings. The van der Waals surface area contributed by atoms with Crippen LogP contribution in [-0.4, -0.2) is 45.9 Å². The van der Waals surface area contributed by atoms with Crippen molar-refractivity contribution in [3.63, 3.8) is 0 Å². The molecule has 0 unspecified atom stereocenters. The normalized spacial score (nSPS) is 18.7. The quantitative estimate of drug-likeness (QED) is 0.524. The van der Waals surface area contributed by atoms with Crippen LogP contribution < -0.4 is 0 Å². The molecule has 4 rings (SSSR count). The number of phenolic OH excluding ortho intramolecular Hbond substituents is 1. The SMILES string of the molecule is COC(=O)[C@H]1Cc2c([nH]c3ccccc23)[C@H](c2ccc(O)cc2)N1C(=O)CCl. The third-order valence-corrected chi connectivity index (χ3v) is 5.44. The highest BCUT2D eigenvalue weighted by molar-refractivity contribution is 6.27. The molecular weight excluding hydrogens is 380 g/mol. The first-order valence-corrected chi connectivity index (χ1v) is 9.42. The molecule has 2 atom stereocenters. The van der Waals surface area contributed by atoms with E-state index >= 15 is 0 Å². The number of hydrogen-bond donors (Lipinski definition) is 2. The molecule has 2 N–H and O–H groups in total. The maximum absolute atomic E-state index is 12.8. The van der Waals surface area contributed by atoms with Crippen molar-refractivity contribution < 1.29 is 19.4 Å². The summed E-state index contributed by atoms with van der Waals surface area (Å²) in [6.07, 6.45) is 0.337. The molecule has 7 heteroatoms. The fraction of sp³-hybridized carbons (Fsp3) is 0.238. The Kier molecular flexibility index (Phi) is 4.73. The number of amides is 1. The molecule has 0 aliphatic carbocycles. The average molecular weight is 399 g/mol. The number of ether oxygens (including phenoxy) is 1. The van der Waals surface area contributed by atoms with Gasteiger partial charge in [0.1, 0.15) is 17.7 Å². The summed E-state index contributed by atoms with van der Waals surface area (Å²) in [6, 6.07) is 13.1. The van der Waals surface area contributed by atoms with Gasteiger partial charge in [0, 0.05) is 23.0 Å². The van der Waals surface area contributed by atoms with Crippen molar-refractivity contribution in [2.45, 2.75) is 18.5 Å². The van der Waals surface area contributed by atoms with Gasteiger partial charge in [-0.3, -0.25) is 4.79 Å². The van der Waals surface area contributed by atoms with Crippen LogP contribution in [0.2, 0.25) is 0 Å². The van der Waals surface area contributed by atoms with E-state index in [1.807, 2.05) is 24.3 Å². The second-order valence-electron chi connectivity index (χ2n) is 6.73.